The van der Waals surface area contributed by atoms with Gasteiger partial charge in [0.05, 0.1) is 18.5 Å². The summed E-state index contributed by atoms with van der Waals surface area (Å²) >= 11 is 0. The van der Waals surface area contributed by atoms with E-state index >= 15 is 0 Å². The normalized spacial score (nSPS) is 12.3. The van der Waals surface area contributed by atoms with Gasteiger partial charge in [0.15, 0.2) is 5.65 Å². The summed E-state index contributed by atoms with van der Waals surface area (Å²) in [4.78, 5) is 28.7. The Balaban J connectivity index is 2.08. The third-order valence-electron chi connectivity index (χ3n) is 3.56. The van der Waals surface area contributed by atoms with E-state index in [9.17, 15) is 9.59 Å². The molecule has 0 aliphatic rings. The fraction of sp³-hybridized carbons (Fsp3) is 0.250. The predicted octanol–water partition coefficient (Wildman–Crippen LogP) is 1.71. The highest BCUT2D eigenvalue weighted by atomic mass is 16.5. The first-order chi connectivity index (χ1) is 11.1. The van der Waals surface area contributed by atoms with Crippen molar-refractivity contribution in [2.24, 2.45) is 0 Å². The lowest BCUT2D eigenvalue weighted by Crippen LogP contribution is -2.29. The van der Waals surface area contributed by atoms with Crippen molar-refractivity contribution in [1.29, 1.82) is 0 Å². The molecule has 1 atom stereocenters. The van der Waals surface area contributed by atoms with Crippen LogP contribution >= 0.6 is 0 Å². The van der Waals surface area contributed by atoms with Crippen LogP contribution in [0.25, 0.3) is 16.7 Å². The van der Waals surface area contributed by atoms with Gasteiger partial charge in [0.25, 0.3) is 5.56 Å². The first kappa shape index (κ1) is 15.0. The van der Waals surface area contributed by atoms with Crippen molar-refractivity contribution in [2.75, 3.05) is 6.61 Å². The number of carbonyl (C=O) groups excluding carboxylic acids is 1. The zero-order chi connectivity index (χ0) is 16.4. The molecule has 23 heavy (non-hydrogen) atoms. The fourth-order valence-electron chi connectivity index (χ4n) is 2.34. The largest absolute Gasteiger partial charge is 0.464 e. The topological polar surface area (TPSA) is 79.0 Å². The monoisotopic (exact) mass is 312 g/mol. The van der Waals surface area contributed by atoms with Crippen molar-refractivity contribution in [3.8, 4) is 5.69 Å². The van der Waals surface area contributed by atoms with Gasteiger partial charge in [-0.05, 0) is 26.0 Å². The molecule has 0 saturated carbocycles. The number of nitrogens with zero attached hydrogens (tertiary/aromatic N) is 4. The van der Waals surface area contributed by atoms with E-state index < -0.39 is 12.0 Å². The minimum Gasteiger partial charge on any atom is -0.464 e. The number of ether oxygens (including phenoxy) is 1. The number of hydrogen-bond acceptors (Lipinski definition) is 5. The second kappa shape index (κ2) is 6.04. The van der Waals surface area contributed by atoms with Crippen LogP contribution in [-0.2, 0) is 9.53 Å². The summed E-state index contributed by atoms with van der Waals surface area (Å²) in [7, 11) is 0. The molecule has 0 unspecified atom stereocenters. The molecule has 0 fully saturated rings. The van der Waals surface area contributed by atoms with Gasteiger partial charge < -0.3 is 4.74 Å². The van der Waals surface area contributed by atoms with Gasteiger partial charge in [0.1, 0.15) is 17.8 Å². The van der Waals surface area contributed by atoms with Gasteiger partial charge in [-0.1, -0.05) is 18.2 Å². The Kier molecular flexibility index (Phi) is 3.92. The van der Waals surface area contributed by atoms with Gasteiger partial charge in [-0.25, -0.2) is 14.5 Å². The van der Waals surface area contributed by atoms with Gasteiger partial charge >= 0.3 is 5.97 Å². The third-order valence-corrected chi connectivity index (χ3v) is 3.56. The fourth-order valence-corrected chi connectivity index (χ4v) is 2.34. The molecular weight excluding hydrogens is 296 g/mol. The van der Waals surface area contributed by atoms with Gasteiger partial charge in [-0.15, -0.1) is 0 Å². The quantitative estimate of drug-likeness (QED) is 0.685. The molecular formula is C16H16N4O3. The molecule has 7 nitrogen and oxygen atoms in total. The average Bonchev–Trinajstić information content (AvgIpc) is 3.00. The lowest BCUT2D eigenvalue weighted by Gasteiger charge is -2.13. The van der Waals surface area contributed by atoms with Crippen LogP contribution in [-0.4, -0.2) is 31.9 Å². The minimum atomic E-state index is -0.737. The number of aromatic nitrogens is 4. The van der Waals surface area contributed by atoms with Crippen LogP contribution in [0, 0.1) is 0 Å². The molecule has 2 aromatic heterocycles. The Morgan fingerprint density at radius 1 is 1.30 bits per heavy atom. The molecule has 0 aliphatic carbocycles. The van der Waals surface area contributed by atoms with E-state index in [1.807, 2.05) is 30.3 Å². The summed E-state index contributed by atoms with van der Waals surface area (Å²) in [6.45, 7) is 3.59. The van der Waals surface area contributed by atoms with Crippen LogP contribution in [0.5, 0.6) is 0 Å². The number of carbonyl (C=O) groups is 1. The Morgan fingerprint density at radius 2 is 2.04 bits per heavy atom. The first-order valence-electron chi connectivity index (χ1n) is 7.30. The number of esters is 1. The molecule has 0 saturated heterocycles. The van der Waals surface area contributed by atoms with Gasteiger partial charge in [-0.3, -0.25) is 9.36 Å². The summed E-state index contributed by atoms with van der Waals surface area (Å²) in [6.07, 6.45) is 2.82. The Hall–Kier alpha value is -2.96. The summed E-state index contributed by atoms with van der Waals surface area (Å²) in [5.74, 6) is -0.466. The Labute approximate surface area is 132 Å². The van der Waals surface area contributed by atoms with E-state index in [-0.39, 0.29) is 12.2 Å². The van der Waals surface area contributed by atoms with Crippen molar-refractivity contribution in [3.05, 3.63) is 53.2 Å². The zero-order valence-corrected chi connectivity index (χ0v) is 12.8. The van der Waals surface area contributed by atoms with Gasteiger partial charge in [0.2, 0.25) is 0 Å². The number of rotatable bonds is 4. The molecule has 118 valence electrons. The molecule has 0 spiro atoms. The van der Waals surface area contributed by atoms with Crippen LogP contribution in [0.3, 0.4) is 0 Å². The first-order valence-corrected chi connectivity index (χ1v) is 7.30. The van der Waals surface area contributed by atoms with E-state index in [1.165, 1.54) is 17.1 Å². The van der Waals surface area contributed by atoms with Crippen molar-refractivity contribution < 1.29 is 9.53 Å². The molecule has 0 aliphatic heterocycles. The van der Waals surface area contributed by atoms with Crippen LogP contribution in [0.2, 0.25) is 0 Å². The van der Waals surface area contributed by atoms with E-state index in [4.69, 9.17) is 4.74 Å². The standard InChI is InChI=1S/C16H16N4O3/c1-3-23-16(22)11(2)19-10-17-14-13(15(19)21)9-18-20(14)12-7-5-4-6-8-12/h4-11H,3H2,1-2H3/t11-/m0/s1. The summed E-state index contributed by atoms with van der Waals surface area (Å²) in [5.41, 5.74) is 0.942. The molecule has 0 N–H and O–H groups in total. The number of hydrogen-bond donors (Lipinski definition) is 0. The summed E-state index contributed by atoms with van der Waals surface area (Å²) in [5, 5.41) is 4.59. The lowest BCUT2D eigenvalue weighted by atomic mass is 10.3. The SMILES string of the molecule is CCOC(=O)[C@H](C)n1cnc2c(cnn2-c2ccccc2)c1=O. The van der Waals surface area contributed by atoms with Crippen LogP contribution < -0.4 is 5.56 Å². The molecule has 0 amide bonds. The van der Waals surface area contributed by atoms with Crippen LogP contribution in [0.4, 0.5) is 0 Å². The van der Waals surface area contributed by atoms with E-state index in [0.717, 1.165) is 5.69 Å². The number of para-hydroxylation sites is 1. The molecule has 7 heteroatoms. The molecule has 3 aromatic rings. The minimum absolute atomic E-state index is 0.263. The summed E-state index contributed by atoms with van der Waals surface area (Å²) < 4.78 is 7.81. The number of benzene rings is 1. The maximum atomic E-state index is 12.6. The van der Waals surface area contributed by atoms with E-state index in [2.05, 4.69) is 10.1 Å². The van der Waals surface area contributed by atoms with Gasteiger partial charge in [-0.2, -0.15) is 5.10 Å². The van der Waals surface area contributed by atoms with Crippen molar-refractivity contribution in [1.82, 2.24) is 19.3 Å². The van der Waals surface area contributed by atoms with Crippen molar-refractivity contribution in [3.63, 3.8) is 0 Å². The Morgan fingerprint density at radius 3 is 2.74 bits per heavy atom. The average molecular weight is 312 g/mol. The van der Waals surface area contributed by atoms with E-state index in [0.29, 0.717) is 11.0 Å². The second-order valence-corrected chi connectivity index (χ2v) is 5.01. The second-order valence-electron chi connectivity index (χ2n) is 5.01. The lowest BCUT2D eigenvalue weighted by molar-refractivity contribution is -0.146. The summed E-state index contributed by atoms with van der Waals surface area (Å²) in [6, 6.07) is 8.68. The Bertz CT molecular complexity index is 899. The zero-order valence-electron chi connectivity index (χ0n) is 12.8. The van der Waals surface area contributed by atoms with Gasteiger partial charge in [0, 0.05) is 0 Å². The number of fused-ring (bicyclic) bond motifs is 1. The maximum absolute atomic E-state index is 12.6. The van der Waals surface area contributed by atoms with Crippen LogP contribution in [0.1, 0.15) is 19.9 Å². The van der Waals surface area contributed by atoms with E-state index in [1.54, 1.807) is 18.5 Å². The highest BCUT2D eigenvalue weighted by molar-refractivity contribution is 5.77. The molecule has 0 radical (unpaired) electrons. The maximum Gasteiger partial charge on any atom is 0.328 e. The highest BCUT2D eigenvalue weighted by Crippen LogP contribution is 2.14. The van der Waals surface area contributed by atoms with Crippen LogP contribution in [0.15, 0.2) is 47.7 Å². The molecule has 3 rings (SSSR count). The van der Waals surface area contributed by atoms with Crippen molar-refractivity contribution in [2.45, 2.75) is 19.9 Å². The van der Waals surface area contributed by atoms with Crippen molar-refractivity contribution >= 4 is 17.0 Å². The smallest absolute Gasteiger partial charge is 0.328 e. The third kappa shape index (κ3) is 2.61. The molecule has 2 heterocycles. The molecule has 1 aromatic carbocycles. The predicted molar refractivity (Wildman–Crippen MR) is 84.5 cm³/mol. The highest BCUT2D eigenvalue weighted by Gasteiger charge is 2.20. The molecule has 0 bridgehead atoms.